The van der Waals surface area contributed by atoms with Crippen LogP contribution in [0.25, 0.3) is 0 Å². The minimum atomic E-state index is -0.545. The molecule has 16 heavy (non-hydrogen) atoms. The Balaban J connectivity index is 2.48. The van der Waals surface area contributed by atoms with E-state index in [0.29, 0.717) is 5.02 Å². The van der Waals surface area contributed by atoms with E-state index < -0.39 is 6.09 Å². The zero-order valence-electron chi connectivity index (χ0n) is 8.94. The molecule has 5 heteroatoms. The molecule has 1 aromatic carbocycles. The van der Waals surface area contributed by atoms with E-state index in [0.717, 1.165) is 5.56 Å². The number of ether oxygens (including phenoxy) is 1. The number of halogens is 1. The maximum absolute atomic E-state index is 11.2. The minimum Gasteiger partial charge on any atom is -0.447 e. The van der Waals surface area contributed by atoms with E-state index in [1.807, 2.05) is 19.1 Å². The van der Waals surface area contributed by atoms with Gasteiger partial charge in [0, 0.05) is 5.02 Å². The van der Waals surface area contributed by atoms with Crippen molar-refractivity contribution in [3.8, 4) is 0 Å². The van der Waals surface area contributed by atoms with Crippen LogP contribution >= 0.6 is 11.6 Å². The van der Waals surface area contributed by atoms with Gasteiger partial charge in [-0.3, -0.25) is 0 Å². The number of carbonyl (C=O) groups excluding carboxylic acids is 1. The van der Waals surface area contributed by atoms with Gasteiger partial charge in [0.1, 0.15) is 6.61 Å². The van der Waals surface area contributed by atoms with E-state index in [1.54, 1.807) is 12.1 Å². The lowest BCUT2D eigenvalue weighted by molar-refractivity contribution is 0.116. The number of amides is 1. The quantitative estimate of drug-likeness (QED) is 0.852. The Labute approximate surface area is 99.2 Å². The van der Waals surface area contributed by atoms with Gasteiger partial charge in [-0.05, 0) is 24.6 Å². The summed E-state index contributed by atoms with van der Waals surface area (Å²) in [4.78, 5) is 11.2. The zero-order chi connectivity index (χ0) is 12.0. The molecule has 0 heterocycles. The molecule has 0 saturated heterocycles. The first-order chi connectivity index (χ1) is 7.63. The van der Waals surface area contributed by atoms with Gasteiger partial charge in [-0.25, -0.2) is 4.79 Å². The number of benzene rings is 1. The smallest absolute Gasteiger partial charge is 0.407 e. The number of rotatable bonds is 4. The van der Waals surface area contributed by atoms with Crippen molar-refractivity contribution in [2.75, 3.05) is 13.2 Å². The molecule has 2 N–H and O–H groups in total. The van der Waals surface area contributed by atoms with E-state index in [2.05, 4.69) is 10.1 Å². The topological polar surface area (TPSA) is 58.6 Å². The third kappa shape index (κ3) is 4.08. The van der Waals surface area contributed by atoms with Gasteiger partial charge in [0.2, 0.25) is 0 Å². The number of nitrogens with one attached hydrogen (secondary N) is 1. The summed E-state index contributed by atoms with van der Waals surface area (Å²) in [5.41, 5.74) is 0.936. The molecule has 1 atom stereocenters. The lowest BCUT2D eigenvalue weighted by atomic mass is 10.1. The van der Waals surface area contributed by atoms with Crippen LogP contribution in [0, 0.1) is 0 Å². The number of hydrogen-bond acceptors (Lipinski definition) is 3. The highest BCUT2D eigenvalue weighted by atomic mass is 35.5. The first-order valence-electron chi connectivity index (χ1n) is 4.93. The van der Waals surface area contributed by atoms with Crippen molar-refractivity contribution in [1.82, 2.24) is 5.32 Å². The second-order valence-electron chi connectivity index (χ2n) is 3.28. The molecule has 0 aliphatic rings. The Hall–Kier alpha value is -1.26. The van der Waals surface area contributed by atoms with Crippen molar-refractivity contribution >= 4 is 17.7 Å². The van der Waals surface area contributed by atoms with Gasteiger partial charge in [-0.1, -0.05) is 23.7 Å². The maximum Gasteiger partial charge on any atom is 0.407 e. The molecule has 0 saturated carbocycles. The van der Waals surface area contributed by atoms with E-state index in [-0.39, 0.29) is 19.3 Å². The summed E-state index contributed by atoms with van der Waals surface area (Å²) in [5.74, 6) is 0. The van der Waals surface area contributed by atoms with Gasteiger partial charge in [0.25, 0.3) is 0 Å². The summed E-state index contributed by atoms with van der Waals surface area (Å²) < 4.78 is 4.68. The Morgan fingerprint density at radius 1 is 1.50 bits per heavy atom. The highest BCUT2D eigenvalue weighted by Crippen LogP contribution is 2.15. The predicted octanol–water partition coefficient (Wildman–Crippen LogP) is 2.12. The van der Waals surface area contributed by atoms with Crippen LogP contribution in [0.5, 0.6) is 0 Å². The Bertz CT molecular complexity index is 340. The van der Waals surface area contributed by atoms with Crippen LogP contribution in [-0.4, -0.2) is 24.4 Å². The number of carbonyl (C=O) groups is 1. The largest absolute Gasteiger partial charge is 0.447 e. The molecule has 1 amide bonds. The van der Waals surface area contributed by atoms with Crippen LogP contribution < -0.4 is 5.32 Å². The van der Waals surface area contributed by atoms with Gasteiger partial charge < -0.3 is 15.2 Å². The maximum atomic E-state index is 11.2. The minimum absolute atomic E-state index is 0.000822. The molecule has 0 spiro atoms. The van der Waals surface area contributed by atoms with E-state index in [4.69, 9.17) is 16.7 Å². The van der Waals surface area contributed by atoms with Crippen LogP contribution in [0.15, 0.2) is 24.3 Å². The molecule has 1 aromatic rings. The van der Waals surface area contributed by atoms with Gasteiger partial charge in [-0.2, -0.15) is 0 Å². The van der Waals surface area contributed by atoms with Crippen LogP contribution in [0.2, 0.25) is 5.02 Å². The van der Waals surface area contributed by atoms with Crippen LogP contribution in [-0.2, 0) is 4.74 Å². The fourth-order valence-corrected chi connectivity index (χ4v) is 1.32. The molecule has 0 aliphatic heterocycles. The number of hydrogen-bond donors (Lipinski definition) is 2. The summed E-state index contributed by atoms with van der Waals surface area (Å²) >= 11 is 5.75. The second kappa shape index (κ2) is 6.35. The van der Waals surface area contributed by atoms with Gasteiger partial charge in [0.05, 0.1) is 12.6 Å². The molecular formula is C11H14ClNO3. The number of alkyl carbamates (subject to hydrolysis) is 1. The van der Waals surface area contributed by atoms with Crippen molar-refractivity contribution in [3.05, 3.63) is 34.9 Å². The van der Waals surface area contributed by atoms with E-state index >= 15 is 0 Å². The summed E-state index contributed by atoms with van der Waals surface area (Å²) in [6.07, 6.45) is -0.545. The molecule has 0 aromatic heterocycles. The molecule has 4 nitrogen and oxygen atoms in total. The average molecular weight is 244 g/mol. The molecule has 0 bridgehead atoms. The predicted molar refractivity (Wildman–Crippen MR) is 61.4 cm³/mol. The molecule has 0 aliphatic carbocycles. The van der Waals surface area contributed by atoms with Crippen molar-refractivity contribution in [2.45, 2.75) is 13.0 Å². The second-order valence-corrected chi connectivity index (χ2v) is 3.71. The van der Waals surface area contributed by atoms with Crippen LogP contribution in [0.4, 0.5) is 4.79 Å². The monoisotopic (exact) mass is 243 g/mol. The Morgan fingerprint density at radius 2 is 2.12 bits per heavy atom. The number of aliphatic hydroxyl groups excluding tert-OH is 1. The summed E-state index contributed by atoms with van der Waals surface area (Å²) in [6, 6.07) is 7.02. The summed E-state index contributed by atoms with van der Waals surface area (Å²) in [5, 5.41) is 11.8. The summed E-state index contributed by atoms with van der Waals surface area (Å²) in [7, 11) is 0. The van der Waals surface area contributed by atoms with E-state index in [1.165, 1.54) is 0 Å². The molecule has 1 rings (SSSR count). The lowest BCUT2D eigenvalue weighted by Crippen LogP contribution is -2.28. The first-order valence-corrected chi connectivity index (χ1v) is 5.31. The van der Waals surface area contributed by atoms with Crippen LogP contribution in [0.1, 0.15) is 18.5 Å². The van der Waals surface area contributed by atoms with Crippen molar-refractivity contribution < 1.29 is 14.6 Å². The Morgan fingerprint density at radius 3 is 2.69 bits per heavy atom. The fourth-order valence-electron chi connectivity index (χ4n) is 1.19. The molecule has 0 unspecified atom stereocenters. The lowest BCUT2D eigenvalue weighted by Gasteiger charge is -2.14. The van der Waals surface area contributed by atoms with E-state index in [9.17, 15) is 4.79 Å². The molecular weight excluding hydrogens is 230 g/mol. The fraction of sp³-hybridized carbons (Fsp3) is 0.364. The molecule has 0 fully saturated rings. The van der Waals surface area contributed by atoms with Gasteiger partial charge >= 0.3 is 6.09 Å². The standard InChI is InChI=1S/C11H14ClNO3/c1-8(13-11(15)16-7-6-14)9-2-4-10(12)5-3-9/h2-5,8,14H,6-7H2,1H3,(H,13,15)/t8-/m0/s1. The Kier molecular flexibility index (Phi) is 5.08. The van der Waals surface area contributed by atoms with Crippen molar-refractivity contribution in [3.63, 3.8) is 0 Å². The highest BCUT2D eigenvalue weighted by Gasteiger charge is 2.09. The molecule has 88 valence electrons. The zero-order valence-corrected chi connectivity index (χ0v) is 9.70. The van der Waals surface area contributed by atoms with Gasteiger partial charge in [0.15, 0.2) is 0 Å². The number of aliphatic hydroxyl groups is 1. The van der Waals surface area contributed by atoms with Gasteiger partial charge in [-0.15, -0.1) is 0 Å². The third-order valence-electron chi connectivity index (χ3n) is 2.03. The van der Waals surface area contributed by atoms with Crippen molar-refractivity contribution in [2.24, 2.45) is 0 Å². The SMILES string of the molecule is C[C@H](NC(=O)OCCO)c1ccc(Cl)cc1. The first kappa shape index (κ1) is 12.8. The van der Waals surface area contributed by atoms with Crippen LogP contribution in [0.3, 0.4) is 0 Å². The third-order valence-corrected chi connectivity index (χ3v) is 2.28. The molecule has 0 radical (unpaired) electrons. The summed E-state index contributed by atoms with van der Waals surface area (Å²) in [6.45, 7) is 1.66. The van der Waals surface area contributed by atoms with Crippen molar-refractivity contribution in [1.29, 1.82) is 0 Å². The highest BCUT2D eigenvalue weighted by molar-refractivity contribution is 6.30. The average Bonchev–Trinajstić information content (AvgIpc) is 2.27. The normalized spacial score (nSPS) is 11.9.